The van der Waals surface area contributed by atoms with Gasteiger partial charge in [-0.2, -0.15) is 0 Å². The first-order chi connectivity index (χ1) is 15.2. The van der Waals surface area contributed by atoms with Crippen LogP contribution < -0.4 is 0 Å². The van der Waals surface area contributed by atoms with E-state index in [0.29, 0.717) is 0 Å². The molecule has 0 saturated carbocycles. The van der Waals surface area contributed by atoms with E-state index >= 15 is 0 Å². The molecule has 0 spiro atoms. The lowest BCUT2D eigenvalue weighted by atomic mass is 9.97. The number of rotatable bonds is 1. The molecule has 0 aliphatic rings. The van der Waals surface area contributed by atoms with Crippen molar-refractivity contribution in [1.29, 1.82) is 0 Å². The van der Waals surface area contributed by atoms with Gasteiger partial charge in [0.1, 0.15) is 0 Å². The highest BCUT2D eigenvalue weighted by molar-refractivity contribution is 6.06. The molecule has 0 aromatic heterocycles. The van der Waals surface area contributed by atoms with Crippen molar-refractivity contribution in [3.63, 3.8) is 0 Å². The Morgan fingerprint density at radius 2 is 0.935 bits per heavy atom. The zero-order valence-electron chi connectivity index (χ0n) is 17.7. The van der Waals surface area contributed by atoms with Gasteiger partial charge in [-0.25, -0.2) is 0 Å². The van der Waals surface area contributed by atoms with Crippen LogP contribution in [-0.4, -0.2) is 0 Å². The van der Waals surface area contributed by atoms with Crippen molar-refractivity contribution in [1.82, 2.24) is 0 Å². The Labute approximate surface area is 183 Å². The monoisotopic (exact) mass is 396 g/mol. The molecule has 0 heterocycles. The fourth-order valence-electron chi connectivity index (χ4n) is 4.33. The second-order valence-corrected chi connectivity index (χ2v) is 7.99. The maximum Gasteiger partial charge on any atom is -0.0105 e. The average molecular weight is 397 g/mol. The van der Waals surface area contributed by atoms with Crippen molar-refractivity contribution >= 4 is 49.2 Å². The fraction of sp³-hybridized carbons (Fsp3) is 0.0323. The van der Waals surface area contributed by atoms with Crippen molar-refractivity contribution in [2.24, 2.45) is 0 Å². The van der Waals surface area contributed by atoms with Gasteiger partial charge in [0.05, 0.1) is 0 Å². The first kappa shape index (κ1) is 19.1. The van der Waals surface area contributed by atoms with Gasteiger partial charge in [-0.05, 0) is 73.8 Å². The third kappa shape index (κ3) is 3.69. The SMILES string of the molecule is C=Cc1c2ccccc2cc2ccccc12.Cc1ccc2cc3ccccc3cc2c1. The topological polar surface area (TPSA) is 0 Å². The number of hydrogen-bond acceptors (Lipinski definition) is 0. The minimum atomic E-state index is 1.23. The van der Waals surface area contributed by atoms with Gasteiger partial charge >= 0.3 is 0 Å². The lowest BCUT2D eigenvalue weighted by Gasteiger charge is -2.07. The second-order valence-electron chi connectivity index (χ2n) is 7.99. The summed E-state index contributed by atoms with van der Waals surface area (Å²) < 4.78 is 0. The third-order valence-corrected chi connectivity index (χ3v) is 5.88. The molecule has 0 nitrogen and oxygen atoms in total. The Bertz CT molecular complexity index is 1500. The highest BCUT2D eigenvalue weighted by Gasteiger charge is 2.03. The minimum absolute atomic E-state index is 1.23. The van der Waals surface area contributed by atoms with Crippen LogP contribution in [-0.2, 0) is 0 Å². The van der Waals surface area contributed by atoms with Crippen LogP contribution in [0.1, 0.15) is 11.1 Å². The van der Waals surface area contributed by atoms with E-state index in [0.717, 1.165) is 0 Å². The molecule has 148 valence electrons. The highest BCUT2D eigenvalue weighted by atomic mass is 14.1. The Morgan fingerprint density at radius 3 is 1.52 bits per heavy atom. The number of aryl methyl sites for hydroxylation is 1. The quantitative estimate of drug-likeness (QED) is 0.243. The van der Waals surface area contributed by atoms with Crippen molar-refractivity contribution in [2.45, 2.75) is 6.92 Å². The van der Waals surface area contributed by atoms with Crippen LogP contribution >= 0.6 is 0 Å². The van der Waals surface area contributed by atoms with Crippen LogP contribution in [0.2, 0.25) is 0 Å². The fourth-order valence-corrected chi connectivity index (χ4v) is 4.33. The summed E-state index contributed by atoms with van der Waals surface area (Å²) in [6.07, 6.45) is 1.95. The standard InChI is InChI=1S/C16H12.C15H12/c1-2-14-15-9-5-3-7-12(15)11-13-8-4-6-10-16(13)14;1-11-6-7-14-9-12-4-2-3-5-13(12)10-15(14)8-11/h2-11H,1H2;2-10H,1H3. The van der Waals surface area contributed by atoms with E-state index in [9.17, 15) is 0 Å². The summed E-state index contributed by atoms with van der Waals surface area (Å²) in [6.45, 7) is 6.06. The van der Waals surface area contributed by atoms with Crippen LogP contribution in [0.25, 0.3) is 49.2 Å². The van der Waals surface area contributed by atoms with Gasteiger partial charge in [-0.15, -0.1) is 0 Å². The van der Waals surface area contributed by atoms with Gasteiger partial charge in [0.15, 0.2) is 0 Å². The maximum atomic E-state index is 3.93. The molecule has 31 heavy (non-hydrogen) atoms. The van der Waals surface area contributed by atoms with Crippen molar-refractivity contribution in [3.05, 3.63) is 127 Å². The van der Waals surface area contributed by atoms with Crippen LogP contribution in [0.4, 0.5) is 0 Å². The van der Waals surface area contributed by atoms with Gasteiger partial charge in [0.25, 0.3) is 0 Å². The molecular formula is C31H24. The molecule has 0 aliphatic carbocycles. The molecule has 0 amide bonds. The summed E-state index contributed by atoms with van der Waals surface area (Å²) in [7, 11) is 0. The Kier molecular flexibility index (Phi) is 4.98. The molecule has 0 aliphatic heterocycles. The van der Waals surface area contributed by atoms with Crippen LogP contribution in [0.5, 0.6) is 0 Å². The number of benzene rings is 6. The van der Waals surface area contributed by atoms with E-state index < -0.39 is 0 Å². The first-order valence-electron chi connectivity index (χ1n) is 10.6. The smallest absolute Gasteiger partial charge is 0.0105 e. The summed E-state index contributed by atoms with van der Waals surface area (Å²) in [6, 6.07) is 38.7. The Balaban J connectivity index is 0.000000132. The van der Waals surface area contributed by atoms with Crippen LogP contribution in [0, 0.1) is 6.92 Å². The molecule has 0 radical (unpaired) electrons. The van der Waals surface area contributed by atoms with E-state index in [1.54, 1.807) is 0 Å². The van der Waals surface area contributed by atoms with E-state index in [1.165, 1.54) is 54.2 Å². The Morgan fingerprint density at radius 1 is 0.484 bits per heavy atom. The van der Waals surface area contributed by atoms with Crippen LogP contribution in [0.15, 0.2) is 116 Å². The van der Waals surface area contributed by atoms with Crippen molar-refractivity contribution < 1.29 is 0 Å². The van der Waals surface area contributed by atoms with Crippen molar-refractivity contribution in [2.75, 3.05) is 0 Å². The van der Waals surface area contributed by atoms with Gasteiger partial charge in [-0.3, -0.25) is 0 Å². The normalized spacial score (nSPS) is 10.9. The molecule has 6 aromatic carbocycles. The van der Waals surface area contributed by atoms with E-state index in [4.69, 9.17) is 0 Å². The summed E-state index contributed by atoms with van der Waals surface area (Å²) in [5, 5.41) is 10.4. The second kappa shape index (κ2) is 8.08. The van der Waals surface area contributed by atoms with Crippen molar-refractivity contribution in [3.8, 4) is 0 Å². The first-order valence-corrected chi connectivity index (χ1v) is 10.6. The molecule has 0 saturated heterocycles. The largest absolute Gasteiger partial charge is 0.0984 e. The summed E-state index contributed by atoms with van der Waals surface area (Å²) in [4.78, 5) is 0. The lowest BCUT2D eigenvalue weighted by molar-refractivity contribution is 1.51. The Hall–Kier alpha value is -3.90. The molecule has 0 N–H and O–H groups in total. The van der Waals surface area contributed by atoms with E-state index in [2.05, 4.69) is 123 Å². The predicted molar refractivity (Wildman–Crippen MR) is 138 cm³/mol. The van der Waals surface area contributed by atoms with Gasteiger partial charge in [-0.1, -0.05) is 109 Å². The van der Waals surface area contributed by atoms with Gasteiger partial charge < -0.3 is 0 Å². The van der Waals surface area contributed by atoms with E-state index in [1.807, 2.05) is 6.08 Å². The molecule has 6 rings (SSSR count). The predicted octanol–water partition coefficient (Wildman–Crippen LogP) is 8.94. The average Bonchev–Trinajstić information content (AvgIpc) is 2.81. The van der Waals surface area contributed by atoms with Gasteiger partial charge in [0, 0.05) is 0 Å². The lowest BCUT2D eigenvalue weighted by Crippen LogP contribution is -1.82. The number of hydrogen-bond donors (Lipinski definition) is 0. The molecule has 0 fully saturated rings. The highest BCUT2D eigenvalue weighted by Crippen LogP contribution is 2.29. The van der Waals surface area contributed by atoms with Gasteiger partial charge in [0.2, 0.25) is 0 Å². The molecule has 0 atom stereocenters. The summed E-state index contributed by atoms with van der Waals surface area (Å²) in [5.74, 6) is 0. The number of fused-ring (bicyclic) bond motifs is 4. The molecule has 0 bridgehead atoms. The van der Waals surface area contributed by atoms with Crippen LogP contribution in [0.3, 0.4) is 0 Å². The zero-order chi connectivity index (χ0) is 21.2. The zero-order valence-corrected chi connectivity index (χ0v) is 17.7. The summed E-state index contributed by atoms with van der Waals surface area (Å²) in [5.41, 5.74) is 2.55. The molecule has 6 aromatic rings. The molecule has 0 unspecified atom stereocenters. The minimum Gasteiger partial charge on any atom is -0.0984 e. The molecule has 0 heteroatoms. The molecular weight excluding hydrogens is 372 g/mol. The summed E-state index contributed by atoms with van der Waals surface area (Å²) >= 11 is 0. The maximum absolute atomic E-state index is 3.93. The third-order valence-electron chi connectivity index (χ3n) is 5.88. The van der Waals surface area contributed by atoms with E-state index in [-0.39, 0.29) is 0 Å².